The van der Waals surface area contributed by atoms with Crippen LogP contribution in [0.3, 0.4) is 0 Å². The van der Waals surface area contributed by atoms with E-state index in [-0.39, 0.29) is 24.8 Å². The Morgan fingerprint density at radius 3 is 2.65 bits per heavy atom. The monoisotopic (exact) mass is 451 g/mol. The first-order chi connectivity index (χ1) is 14.8. The molecule has 0 aliphatic heterocycles. The molecule has 2 aromatic rings. The number of nitrogens with one attached hydrogen (secondary N) is 1. The van der Waals surface area contributed by atoms with E-state index in [0.29, 0.717) is 0 Å². The Morgan fingerprint density at radius 2 is 1.97 bits per heavy atom. The topological polar surface area (TPSA) is 111 Å². The number of H-pyrrole nitrogens is 1. The van der Waals surface area contributed by atoms with E-state index < -0.39 is 27.3 Å². The van der Waals surface area contributed by atoms with Crippen LogP contribution < -0.4 is 16.0 Å². The van der Waals surface area contributed by atoms with Gasteiger partial charge in [0.2, 0.25) is 10.0 Å². The molecule has 9 nitrogen and oxygen atoms in total. The minimum atomic E-state index is -3.76. The number of rotatable bonds is 10. The summed E-state index contributed by atoms with van der Waals surface area (Å²) in [5.41, 5.74) is -0.300. The number of benzene rings is 1. The van der Waals surface area contributed by atoms with Gasteiger partial charge in [-0.05, 0) is 56.7 Å². The third-order valence-electron chi connectivity index (χ3n) is 5.41. The van der Waals surface area contributed by atoms with E-state index in [9.17, 15) is 18.0 Å². The maximum Gasteiger partial charge on any atom is 0.328 e. The molecule has 1 aromatic carbocycles. The summed E-state index contributed by atoms with van der Waals surface area (Å²) >= 11 is 0. The second-order valence-corrected chi connectivity index (χ2v) is 9.62. The second kappa shape index (κ2) is 10.3. The molecule has 10 heteroatoms. The van der Waals surface area contributed by atoms with Gasteiger partial charge in [0.15, 0.2) is 0 Å². The molecule has 170 valence electrons. The van der Waals surface area contributed by atoms with Crippen molar-refractivity contribution >= 4 is 10.0 Å². The van der Waals surface area contributed by atoms with Gasteiger partial charge in [0.05, 0.1) is 25.0 Å². The standard InChI is InChI=1S/C21H29N3O6S/c1-16(17-7-5-10-19(15-17)30-18-8-3-4-9-18)24(29-2)31(27,28)14-6-12-23-13-11-20(25)22-21(23)26/h5,7,10-11,13,15-16,18H,3-4,6,8-9,12,14H2,1-2H3,(H,22,25,26)/t16-/m1/s1. The van der Waals surface area contributed by atoms with Gasteiger partial charge >= 0.3 is 5.69 Å². The van der Waals surface area contributed by atoms with Crippen LogP contribution in [0, 0.1) is 0 Å². The van der Waals surface area contributed by atoms with Crippen LogP contribution in [-0.4, -0.2) is 41.4 Å². The van der Waals surface area contributed by atoms with E-state index in [4.69, 9.17) is 9.57 Å². The summed E-state index contributed by atoms with van der Waals surface area (Å²) in [5.74, 6) is 0.511. The maximum atomic E-state index is 12.9. The average Bonchev–Trinajstić information content (AvgIpc) is 3.23. The summed E-state index contributed by atoms with van der Waals surface area (Å²) in [6.45, 7) is 1.91. The normalized spacial score (nSPS) is 16.0. The molecule has 1 aromatic heterocycles. The Hall–Kier alpha value is -2.43. The zero-order valence-electron chi connectivity index (χ0n) is 17.8. The van der Waals surface area contributed by atoms with Crippen LogP contribution in [0.25, 0.3) is 0 Å². The van der Waals surface area contributed by atoms with Crippen LogP contribution in [0.5, 0.6) is 5.75 Å². The number of aryl methyl sites for hydroxylation is 1. The van der Waals surface area contributed by atoms with Crippen molar-refractivity contribution in [2.45, 2.75) is 57.7 Å². The summed E-state index contributed by atoms with van der Waals surface area (Å²) in [5, 5.41) is 0. The summed E-state index contributed by atoms with van der Waals surface area (Å²) < 4.78 is 34.1. The summed E-state index contributed by atoms with van der Waals surface area (Å²) in [6, 6.07) is 8.08. The Labute approximate surface area is 181 Å². The van der Waals surface area contributed by atoms with Gasteiger partial charge in [-0.2, -0.15) is 0 Å². The van der Waals surface area contributed by atoms with Gasteiger partial charge in [-0.3, -0.25) is 14.6 Å². The van der Waals surface area contributed by atoms with Crippen LogP contribution in [0.1, 0.15) is 50.6 Å². The van der Waals surface area contributed by atoms with Crippen LogP contribution >= 0.6 is 0 Å². The molecule has 1 atom stereocenters. The van der Waals surface area contributed by atoms with Gasteiger partial charge in [0.1, 0.15) is 5.75 Å². The summed E-state index contributed by atoms with van der Waals surface area (Å²) in [4.78, 5) is 30.3. The van der Waals surface area contributed by atoms with E-state index in [1.807, 2.05) is 24.3 Å². The van der Waals surface area contributed by atoms with Crippen molar-refractivity contribution in [1.29, 1.82) is 0 Å². The molecule has 1 N–H and O–H groups in total. The highest BCUT2D eigenvalue weighted by Crippen LogP contribution is 2.29. The van der Waals surface area contributed by atoms with Crippen LogP contribution in [0.15, 0.2) is 46.1 Å². The van der Waals surface area contributed by atoms with Crippen molar-refractivity contribution < 1.29 is 18.0 Å². The number of nitrogens with zero attached hydrogens (tertiary/aromatic N) is 2. The minimum Gasteiger partial charge on any atom is -0.490 e. The van der Waals surface area contributed by atoms with Gasteiger partial charge in [-0.25, -0.2) is 13.2 Å². The predicted octanol–water partition coefficient (Wildman–Crippen LogP) is 2.20. The molecule has 0 bridgehead atoms. The Kier molecular flexibility index (Phi) is 7.69. The molecule has 31 heavy (non-hydrogen) atoms. The number of ether oxygens (including phenoxy) is 1. The lowest BCUT2D eigenvalue weighted by Gasteiger charge is -2.26. The molecule has 0 unspecified atom stereocenters. The molecule has 3 rings (SSSR count). The van der Waals surface area contributed by atoms with Gasteiger partial charge < -0.3 is 9.30 Å². The third kappa shape index (κ3) is 6.05. The lowest BCUT2D eigenvalue weighted by Crippen LogP contribution is -2.35. The van der Waals surface area contributed by atoms with Crippen molar-refractivity contribution in [1.82, 2.24) is 14.0 Å². The molecule has 0 radical (unpaired) electrons. The van der Waals surface area contributed by atoms with Crippen LogP contribution in [0.4, 0.5) is 0 Å². The molecule has 1 saturated carbocycles. The molecule has 1 heterocycles. The van der Waals surface area contributed by atoms with E-state index in [1.54, 1.807) is 6.92 Å². The van der Waals surface area contributed by atoms with Crippen molar-refractivity contribution in [2.24, 2.45) is 0 Å². The molecule has 1 aliphatic rings. The van der Waals surface area contributed by atoms with E-state index >= 15 is 0 Å². The quantitative estimate of drug-likeness (QED) is 0.555. The fourth-order valence-corrected chi connectivity index (χ4v) is 5.31. The SMILES string of the molecule is CON([C@H](C)c1cccc(OC2CCCC2)c1)S(=O)(=O)CCCn1ccc(=O)[nH]c1=O. The maximum absolute atomic E-state index is 12.9. The highest BCUT2D eigenvalue weighted by molar-refractivity contribution is 7.88. The number of sulfonamides is 1. The first-order valence-electron chi connectivity index (χ1n) is 10.4. The zero-order valence-corrected chi connectivity index (χ0v) is 18.6. The minimum absolute atomic E-state index is 0.158. The molecule has 0 amide bonds. The van der Waals surface area contributed by atoms with E-state index in [0.717, 1.165) is 28.6 Å². The number of aromatic amines is 1. The third-order valence-corrected chi connectivity index (χ3v) is 7.23. The second-order valence-electron chi connectivity index (χ2n) is 7.68. The highest BCUT2D eigenvalue weighted by Gasteiger charge is 2.29. The predicted molar refractivity (Wildman–Crippen MR) is 116 cm³/mol. The average molecular weight is 452 g/mol. The molecule has 0 spiro atoms. The van der Waals surface area contributed by atoms with Crippen LogP contribution in [0.2, 0.25) is 0 Å². The smallest absolute Gasteiger partial charge is 0.328 e. The van der Waals surface area contributed by atoms with Gasteiger partial charge in [0.25, 0.3) is 5.56 Å². The highest BCUT2D eigenvalue weighted by atomic mass is 32.2. The molecular formula is C21H29N3O6S. The molecule has 0 saturated heterocycles. The fraction of sp³-hybridized carbons (Fsp3) is 0.524. The Morgan fingerprint density at radius 1 is 1.23 bits per heavy atom. The van der Waals surface area contributed by atoms with Crippen molar-refractivity contribution in [2.75, 3.05) is 12.9 Å². The van der Waals surface area contributed by atoms with E-state index in [1.165, 1.54) is 36.8 Å². The molecule has 1 fully saturated rings. The van der Waals surface area contributed by atoms with Crippen molar-refractivity contribution in [3.8, 4) is 5.75 Å². The molecule has 1 aliphatic carbocycles. The Balaban J connectivity index is 1.66. The summed E-state index contributed by atoms with van der Waals surface area (Å²) in [7, 11) is -2.44. The lowest BCUT2D eigenvalue weighted by atomic mass is 10.1. The lowest BCUT2D eigenvalue weighted by molar-refractivity contribution is -0.0772. The first kappa shape index (κ1) is 23.2. The van der Waals surface area contributed by atoms with Gasteiger partial charge in [-0.1, -0.05) is 16.6 Å². The number of aromatic nitrogens is 2. The van der Waals surface area contributed by atoms with E-state index in [2.05, 4.69) is 4.98 Å². The number of hydroxylamine groups is 1. The van der Waals surface area contributed by atoms with Crippen molar-refractivity contribution in [3.63, 3.8) is 0 Å². The van der Waals surface area contributed by atoms with Crippen molar-refractivity contribution in [3.05, 3.63) is 62.9 Å². The Bertz CT molecular complexity index is 1090. The van der Waals surface area contributed by atoms with Gasteiger partial charge in [-0.15, -0.1) is 0 Å². The number of hydrogen-bond donors (Lipinski definition) is 1. The summed E-state index contributed by atoms with van der Waals surface area (Å²) in [6.07, 6.45) is 6.16. The zero-order chi connectivity index (χ0) is 22.4. The first-order valence-corrected chi connectivity index (χ1v) is 12.0. The molecular weight excluding hydrogens is 422 g/mol. The largest absolute Gasteiger partial charge is 0.490 e. The fourth-order valence-electron chi connectivity index (χ4n) is 3.81. The number of hydrogen-bond acceptors (Lipinski definition) is 6. The van der Waals surface area contributed by atoms with Crippen LogP contribution in [-0.2, 0) is 21.4 Å². The van der Waals surface area contributed by atoms with Gasteiger partial charge in [0, 0.05) is 18.8 Å².